The fourth-order valence-electron chi connectivity index (χ4n) is 2.80. The molecule has 0 unspecified atom stereocenters. The van der Waals surface area contributed by atoms with Crippen molar-refractivity contribution < 1.29 is 14.3 Å². The van der Waals surface area contributed by atoms with Crippen LogP contribution in [0.3, 0.4) is 0 Å². The van der Waals surface area contributed by atoms with Crippen molar-refractivity contribution >= 4 is 17.3 Å². The van der Waals surface area contributed by atoms with Crippen LogP contribution in [0.4, 0.5) is 0 Å². The smallest absolute Gasteiger partial charge is 0.344 e. The van der Waals surface area contributed by atoms with Crippen molar-refractivity contribution in [1.29, 1.82) is 0 Å². The Morgan fingerprint density at radius 2 is 1.78 bits per heavy atom. The normalized spacial score (nSPS) is 11.5. The number of carbonyl (C=O) groups is 1. The lowest BCUT2D eigenvalue weighted by atomic mass is 10.1. The Balaban J connectivity index is 2.07. The first-order valence-corrected chi connectivity index (χ1v) is 10.3. The van der Waals surface area contributed by atoms with E-state index in [1.165, 1.54) is 12.8 Å². The summed E-state index contributed by atoms with van der Waals surface area (Å²) in [6.45, 7) is 11.6. The molecule has 0 aliphatic heterocycles. The lowest BCUT2D eigenvalue weighted by Gasteiger charge is -2.20. The highest BCUT2D eigenvalue weighted by Crippen LogP contribution is 2.32. The maximum absolute atomic E-state index is 11.9. The average molecular weight is 391 g/mol. The number of unbranched alkanes of at least 4 members (excludes halogenated alkanes) is 2. The third kappa shape index (κ3) is 6.61. The van der Waals surface area contributed by atoms with Gasteiger partial charge >= 0.3 is 5.97 Å². The SMILES string of the molecule is CCCCCc1nnc(-c2cc(C)c(OCC(=O)OC(C)(C)C)c(C)c2)s1. The highest BCUT2D eigenvalue weighted by molar-refractivity contribution is 7.14. The molecule has 0 saturated carbocycles. The highest BCUT2D eigenvalue weighted by Gasteiger charge is 2.18. The minimum atomic E-state index is -0.513. The molecule has 5 nitrogen and oxygen atoms in total. The molecule has 1 heterocycles. The lowest BCUT2D eigenvalue weighted by Crippen LogP contribution is -2.27. The van der Waals surface area contributed by atoms with Gasteiger partial charge in [0.2, 0.25) is 0 Å². The number of hydrogen-bond acceptors (Lipinski definition) is 6. The Bertz CT molecular complexity index is 755. The van der Waals surface area contributed by atoms with Crippen LogP contribution >= 0.6 is 11.3 Å². The van der Waals surface area contributed by atoms with E-state index in [0.29, 0.717) is 0 Å². The van der Waals surface area contributed by atoms with E-state index in [2.05, 4.69) is 17.1 Å². The van der Waals surface area contributed by atoms with Gasteiger partial charge in [-0.25, -0.2) is 4.79 Å². The number of nitrogens with zero attached hydrogens (tertiary/aromatic N) is 2. The van der Waals surface area contributed by atoms with Crippen LogP contribution in [0.1, 0.15) is 63.1 Å². The van der Waals surface area contributed by atoms with E-state index in [4.69, 9.17) is 9.47 Å². The topological polar surface area (TPSA) is 61.3 Å². The first-order valence-electron chi connectivity index (χ1n) is 9.48. The van der Waals surface area contributed by atoms with Crippen molar-refractivity contribution in [3.05, 3.63) is 28.3 Å². The Kier molecular flexibility index (Phi) is 7.36. The van der Waals surface area contributed by atoms with Crippen molar-refractivity contribution in [2.45, 2.75) is 72.8 Å². The Labute approximate surface area is 166 Å². The molecule has 2 rings (SSSR count). The van der Waals surface area contributed by atoms with Crippen LogP contribution in [-0.4, -0.2) is 28.4 Å². The van der Waals surface area contributed by atoms with Crippen molar-refractivity contribution in [3.63, 3.8) is 0 Å². The predicted octanol–water partition coefficient (Wildman–Crippen LogP) is 5.28. The number of carbonyl (C=O) groups excluding carboxylic acids is 1. The maximum atomic E-state index is 11.9. The molecule has 0 aliphatic rings. The summed E-state index contributed by atoms with van der Waals surface area (Å²) in [6, 6.07) is 4.07. The summed E-state index contributed by atoms with van der Waals surface area (Å²) in [5.41, 5.74) is 2.46. The first-order chi connectivity index (χ1) is 12.7. The average Bonchev–Trinajstić information content (AvgIpc) is 3.01. The molecule has 0 N–H and O–H groups in total. The van der Waals surface area contributed by atoms with Crippen LogP contribution < -0.4 is 4.74 Å². The molecule has 0 amide bonds. The van der Waals surface area contributed by atoms with Crippen LogP contribution in [0.15, 0.2) is 12.1 Å². The van der Waals surface area contributed by atoms with Crippen LogP contribution in [0, 0.1) is 13.8 Å². The summed E-state index contributed by atoms with van der Waals surface area (Å²) in [5, 5.41) is 10.7. The van der Waals surface area contributed by atoms with Crippen LogP contribution in [0.25, 0.3) is 10.6 Å². The third-order valence-electron chi connectivity index (χ3n) is 3.92. The zero-order chi connectivity index (χ0) is 20.0. The van der Waals surface area contributed by atoms with Gasteiger partial charge in [-0.05, 0) is 64.3 Å². The van der Waals surface area contributed by atoms with Gasteiger partial charge in [0.1, 0.15) is 21.4 Å². The fourth-order valence-corrected chi connectivity index (χ4v) is 3.67. The van der Waals surface area contributed by atoms with Crippen molar-refractivity contribution in [2.75, 3.05) is 6.61 Å². The molecule has 6 heteroatoms. The number of rotatable bonds is 8. The molecular weight excluding hydrogens is 360 g/mol. The van der Waals surface area contributed by atoms with Gasteiger partial charge in [0.15, 0.2) is 6.61 Å². The largest absolute Gasteiger partial charge is 0.481 e. The molecule has 0 radical (unpaired) electrons. The van der Waals surface area contributed by atoms with Crippen LogP contribution in [0.5, 0.6) is 5.75 Å². The second-order valence-corrected chi connectivity index (χ2v) is 8.83. The van der Waals surface area contributed by atoms with E-state index >= 15 is 0 Å². The molecule has 0 atom stereocenters. The van der Waals surface area contributed by atoms with E-state index in [0.717, 1.165) is 45.3 Å². The van der Waals surface area contributed by atoms with Crippen LogP contribution in [0.2, 0.25) is 0 Å². The number of esters is 1. The predicted molar refractivity (Wildman–Crippen MR) is 109 cm³/mol. The molecule has 0 saturated heterocycles. The van der Waals surface area contributed by atoms with Crippen molar-refractivity contribution in [3.8, 4) is 16.3 Å². The highest BCUT2D eigenvalue weighted by atomic mass is 32.1. The zero-order valence-electron chi connectivity index (χ0n) is 17.2. The second-order valence-electron chi connectivity index (χ2n) is 7.77. The molecule has 0 bridgehead atoms. The van der Waals surface area contributed by atoms with E-state index < -0.39 is 5.60 Å². The molecule has 1 aromatic carbocycles. The van der Waals surface area contributed by atoms with Gasteiger partial charge in [-0.15, -0.1) is 10.2 Å². The Morgan fingerprint density at radius 1 is 1.11 bits per heavy atom. The van der Waals surface area contributed by atoms with Gasteiger partial charge in [0.05, 0.1) is 0 Å². The molecule has 0 fully saturated rings. The summed E-state index contributed by atoms with van der Waals surface area (Å²) in [5.74, 6) is 0.350. The number of hydrogen-bond donors (Lipinski definition) is 0. The van der Waals surface area contributed by atoms with Crippen molar-refractivity contribution in [2.24, 2.45) is 0 Å². The van der Waals surface area contributed by atoms with Gasteiger partial charge in [-0.3, -0.25) is 0 Å². The molecule has 148 valence electrons. The zero-order valence-corrected chi connectivity index (χ0v) is 18.0. The van der Waals surface area contributed by atoms with Gasteiger partial charge in [0, 0.05) is 12.0 Å². The lowest BCUT2D eigenvalue weighted by molar-refractivity contribution is -0.157. The number of aryl methyl sites for hydroxylation is 3. The minimum absolute atomic E-state index is 0.0985. The van der Waals surface area contributed by atoms with Crippen LogP contribution in [-0.2, 0) is 16.0 Å². The molecule has 0 spiro atoms. The van der Waals surface area contributed by atoms with E-state index in [-0.39, 0.29) is 12.6 Å². The molecule has 0 aliphatic carbocycles. The van der Waals surface area contributed by atoms with Crippen molar-refractivity contribution in [1.82, 2.24) is 10.2 Å². The summed E-state index contributed by atoms with van der Waals surface area (Å²) >= 11 is 1.65. The molecule has 2 aromatic rings. The third-order valence-corrected chi connectivity index (χ3v) is 4.95. The van der Waals surface area contributed by atoms with Gasteiger partial charge in [-0.1, -0.05) is 31.1 Å². The summed E-state index contributed by atoms with van der Waals surface area (Å²) in [4.78, 5) is 11.9. The van der Waals surface area contributed by atoms with Gasteiger partial charge in [-0.2, -0.15) is 0 Å². The summed E-state index contributed by atoms with van der Waals surface area (Å²) < 4.78 is 11.0. The molecular formula is C21H30N2O3S. The van der Waals surface area contributed by atoms with E-state index in [1.807, 2.05) is 46.8 Å². The summed E-state index contributed by atoms with van der Waals surface area (Å²) in [6.07, 6.45) is 4.56. The van der Waals surface area contributed by atoms with Gasteiger partial charge in [0.25, 0.3) is 0 Å². The van der Waals surface area contributed by atoms with E-state index in [1.54, 1.807) is 11.3 Å². The van der Waals surface area contributed by atoms with E-state index in [9.17, 15) is 4.79 Å². The molecule has 27 heavy (non-hydrogen) atoms. The Morgan fingerprint density at radius 3 is 2.37 bits per heavy atom. The quantitative estimate of drug-likeness (QED) is 0.453. The molecule has 1 aromatic heterocycles. The Hall–Kier alpha value is -1.95. The minimum Gasteiger partial charge on any atom is -0.481 e. The number of ether oxygens (including phenoxy) is 2. The monoisotopic (exact) mass is 390 g/mol. The van der Waals surface area contributed by atoms with Gasteiger partial charge < -0.3 is 9.47 Å². The summed E-state index contributed by atoms with van der Waals surface area (Å²) in [7, 11) is 0. The first kappa shape index (κ1) is 21.4. The standard InChI is InChI=1S/C21H30N2O3S/c1-7-8-9-10-17-22-23-20(27-17)16-11-14(2)19(15(3)12-16)25-13-18(24)26-21(4,5)6/h11-12H,7-10,13H2,1-6H3. The number of benzene rings is 1. The number of aromatic nitrogens is 2. The fraction of sp³-hybridized carbons (Fsp3) is 0.571. The maximum Gasteiger partial charge on any atom is 0.344 e. The second kappa shape index (κ2) is 9.31.